The Bertz CT molecular complexity index is 1110. The van der Waals surface area contributed by atoms with E-state index in [4.69, 9.17) is 14.2 Å². The van der Waals surface area contributed by atoms with Crippen molar-refractivity contribution in [2.24, 2.45) is 0 Å². The van der Waals surface area contributed by atoms with Crippen molar-refractivity contribution in [3.8, 4) is 17.2 Å². The maximum absolute atomic E-state index is 13.7. The summed E-state index contributed by atoms with van der Waals surface area (Å²) >= 11 is 0.796. The summed E-state index contributed by atoms with van der Waals surface area (Å²) in [5.74, 6) is -0.210. The fourth-order valence-corrected chi connectivity index (χ4v) is 4.01. The zero-order valence-corrected chi connectivity index (χ0v) is 19.4. The molecule has 3 amide bonds. The second-order valence-electron chi connectivity index (χ2n) is 7.01. The predicted octanol–water partition coefficient (Wildman–Crippen LogP) is 3.63. The van der Waals surface area contributed by atoms with Gasteiger partial charge in [-0.05, 0) is 60.2 Å². The molecule has 0 bridgehead atoms. The van der Waals surface area contributed by atoms with Crippen molar-refractivity contribution in [1.82, 2.24) is 10.2 Å². The number of benzene rings is 2. The number of hydrogen-bond donors (Lipinski definition) is 1. The van der Waals surface area contributed by atoms with Gasteiger partial charge in [-0.15, -0.1) is 0 Å². The molecule has 0 atom stereocenters. The van der Waals surface area contributed by atoms with Crippen LogP contribution < -0.4 is 19.5 Å². The van der Waals surface area contributed by atoms with Gasteiger partial charge in [-0.2, -0.15) is 0 Å². The van der Waals surface area contributed by atoms with Crippen LogP contribution in [0.3, 0.4) is 0 Å². The van der Waals surface area contributed by atoms with Crippen LogP contribution in [0.4, 0.5) is 9.18 Å². The van der Waals surface area contributed by atoms with Crippen molar-refractivity contribution in [1.29, 1.82) is 0 Å². The molecule has 0 aromatic heterocycles. The lowest BCUT2D eigenvalue weighted by Gasteiger charge is -2.14. The summed E-state index contributed by atoms with van der Waals surface area (Å²) in [7, 11) is 4.45. The largest absolute Gasteiger partial charge is 0.493 e. The molecule has 2 aromatic carbocycles. The van der Waals surface area contributed by atoms with E-state index in [1.54, 1.807) is 25.1 Å². The summed E-state index contributed by atoms with van der Waals surface area (Å²) in [6, 6.07) is 7.49. The molecule has 2 aromatic rings. The quantitative estimate of drug-likeness (QED) is 0.584. The van der Waals surface area contributed by atoms with Gasteiger partial charge in [0.2, 0.25) is 5.75 Å². The summed E-state index contributed by atoms with van der Waals surface area (Å²) in [5, 5.41) is 2.14. The van der Waals surface area contributed by atoms with Gasteiger partial charge >= 0.3 is 0 Å². The molecule has 33 heavy (non-hydrogen) atoms. The number of carbonyl (C=O) groups excluding carboxylic acids is 3. The molecule has 10 heteroatoms. The summed E-state index contributed by atoms with van der Waals surface area (Å²) in [6.07, 6.45) is 1.56. The average Bonchev–Trinajstić information content (AvgIpc) is 3.07. The number of halogens is 1. The second-order valence-corrected chi connectivity index (χ2v) is 8.01. The maximum atomic E-state index is 13.7. The summed E-state index contributed by atoms with van der Waals surface area (Å²) in [5.41, 5.74) is 1.18. The molecule has 0 spiro atoms. The van der Waals surface area contributed by atoms with Gasteiger partial charge in [0.05, 0.1) is 26.2 Å². The molecular weight excluding hydrogens is 451 g/mol. The monoisotopic (exact) mass is 474 g/mol. The third-order valence-electron chi connectivity index (χ3n) is 4.91. The molecular formula is C23H23FN2O6S. The Balaban J connectivity index is 1.68. The standard InChI is InChI=1S/C23H23FN2O6S/c1-13-5-6-15(12-16(13)24)21(27)25-7-8-26-22(28)19(33-23(26)29)11-14-9-17(30-2)20(32-4)18(10-14)31-3/h5-6,9-12H,7-8H2,1-4H3,(H,25,27)/b19-11-. The van der Waals surface area contributed by atoms with E-state index >= 15 is 0 Å². The lowest BCUT2D eigenvalue weighted by molar-refractivity contribution is -0.122. The van der Waals surface area contributed by atoms with Crippen LogP contribution in [0, 0.1) is 12.7 Å². The minimum Gasteiger partial charge on any atom is -0.493 e. The van der Waals surface area contributed by atoms with Crippen LogP contribution >= 0.6 is 11.8 Å². The zero-order valence-electron chi connectivity index (χ0n) is 18.6. The first kappa shape index (κ1) is 24.1. The number of aryl methyl sites for hydroxylation is 1. The summed E-state index contributed by atoms with van der Waals surface area (Å²) in [4.78, 5) is 38.6. The molecule has 8 nitrogen and oxygen atoms in total. The van der Waals surface area contributed by atoms with E-state index in [1.165, 1.54) is 33.5 Å². The number of nitrogens with one attached hydrogen (secondary N) is 1. The molecule has 1 aliphatic heterocycles. The number of thioether (sulfide) groups is 1. The number of nitrogens with zero attached hydrogens (tertiary/aromatic N) is 1. The van der Waals surface area contributed by atoms with Crippen molar-refractivity contribution in [3.63, 3.8) is 0 Å². The van der Waals surface area contributed by atoms with E-state index in [0.717, 1.165) is 22.7 Å². The Labute approximate surface area is 194 Å². The van der Waals surface area contributed by atoms with Gasteiger partial charge in [0.15, 0.2) is 11.5 Å². The third-order valence-corrected chi connectivity index (χ3v) is 5.82. The van der Waals surface area contributed by atoms with Crippen LogP contribution in [-0.4, -0.2) is 56.4 Å². The maximum Gasteiger partial charge on any atom is 0.293 e. The van der Waals surface area contributed by atoms with E-state index < -0.39 is 22.9 Å². The van der Waals surface area contributed by atoms with Crippen LogP contribution in [0.1, 0.15) is 21.5 Å². The Morgan fingerprint density at radius 3 is 2.33 bits per heavy atom. The molecule has 1 aliphatic rings. The van der Waals surface area contributed by atoms with Crippen molar-refractivity contribution in [2.75, 3.05) is 34.4 Å². The molecule has 3 rings (SSSR count). The van der Waals surface area contributed by atoms with Gasteiger partial charge in [0.1, 0.15) is 5.82 Å². The van der Waals surface area contributed by atoms with Gasteiger partial charge < -0.3 is 19.5 Å². The molecule has 0 saturated carbocycles. The van der Waals surface area contributed by atoms with Crippen molar-refractivity contribution in [3.05, 3.63) is 57.7 Å². The first-order valence-corrected chi connectivity index (χ1v) is 10.7. The van der Waals surface area contributed by atoms with Crippen LogP contribution in [0.2, 0.25) is 0 Å². The lowest BCUT2D eigenvalue weighted by Crippen LogP contribution is -2.37. The second kappa shape index (κ2) is 10.4. The van der Waals surface area contributed by atoms with Gasteiger partial charge in [-0.3, -0.25) is 19.3 Å². The SMILES string of the molecule is COc1cc(/C=C2\SC(=O)N(CCNC(=O)c3ccc(C)c(F)c3)C2=O)cc(OC)c1OC. The third kappa shape index (κ3) is 5.28. The number of carbonyl (C=O) groups is 3. The van der Waals surface area contributed by atoms with Crippen molar-refractivity contribution in [2.45, 2.75) is 6.92 Å². The van der Waals surface area contributed by atoms with Crippen LogP contribution in [0.15, 0.2) is 35.2 Å². The highest BCUT2D eigenvalue weighted by Gasteiger charge is 2.34. The highest BCUT2D eigenvalue weighted by atomic mass is 32.2. The minimum absolute atomic E-state index is 0.0165. The molecule has 1 N–H and O–H groups in total. The van der Waals surface area contributed by atoms with Gasteiger partial charge in [-0.1, -0.05) is 6.07 Å². The Hall–Kier alpha value is -3.53. The number of imide groups is 1. The number of ether oxygens (including phenoxy) is 3. The number of methoxy groups -OCH3 is 3. The predicted molar refractivity (Wildman–Crippen MR) is 122 cm³/mol. The van der Waals surface area contributed by atoms with E-state index in [9.17, 15) is 18.8 Å². The van der Waals surface area contributed by atoms with Crippen molar-refractivity contribution >= 4 is 34.9 Å². The van der Waals surface area contributed by atoms with Gasteiger partial charge in [-0.25, -0.2) is 4.39 Å². The van der Waals surface area contributed by atoms with Gasteiger partial charge in [0, 0.05) is 18.7 Å². The molecule has 0 radical (unpaired) electrons. The highest BCUT2D eigenvalue weighted by molar-refractivity contribution is 8.18. The molecule has 1 saturated heterocycles. The van der Waals surface area contributed by atoms with E-state index in [0.29, 0.717) is 28.4 Å². The number of rotatable bonds is 8. The Kier molecular flexibility index (Phi) is 7.59. The first-order chi connectivity index (χ1) is 15.8. The topological polar surface area (TPSA) is 94.2 Å². The van der Waals surface area contributed by atoms with E-state index in [1.807, 2.05) is 0 Å². The molecule has 1 fully saturated rings. The van der Waals surface area contributed by atoms with Crippen molar-refractivity contribution < 1.29 is 33.0 Å². The van der Waals surface area contributed by atoms with Crippen LogP contribution in [-0.2, 0) is 4.79 Å². The minimum atomic E-state index is -0.492. The Morgan fingerprint density at radius 2 is 1.76 bits per heavy atom. The van der Waals surface area contributed by atoms with Crippen LogP contribution in [0.25, 0.3) is 6.08 Å². The van der Waals surface area contributed by atoms with E-state index in [-0.39, 0.29) is 23.6 Å². The number of amides is 3. The average molecular weight is 475 g/mol. The molecule has 0 aliphatic carbocycles. The summed E-state index contributed by atoms with van der Waals surface area (Å²) < 4.78 is 29.6. The highest BCUT2D eigenvalue weighted by Crippen LogP contribution is 2.40. The number of hydrogen-bond acceptors (Lipinski definition) is 7. The van der Waals surface area contributed by atoms with E-state index in [2.05, 4.69) is 5.32 Å². The zero-order chi connectivity index (χ0) is 24.1. The normalized spacial score (nSPS) is 14.6. The molecule has 0 unspecified atom stereocenters. The Morgan fingerprint density at radius 1 is 1.09 bits per heavy atom. The fourth-order valence-electron chi connectivity index (χ4n) is 3.15. The summed E-state index contributed by atoms with van der Waals surface area (Å²) in [6.45, 7) is 1.61. The fraction of sp³-hybridized carbons (Fsp3) is 0.261. The van der Waals surface area contributed by atoms with Gasteiger partial charge in [0.25, 0.3) is 17.1 Å². The lowest BCUT2D eigenvalue weighted by atomic mass is 10.1. The van der Waals surface area contributed by atoms with Crippen LogP contribution in [0.5, 0.6) is 17.2 Å². The molecule has 174 valence electrons. The molecule has 1 heterocycles. The smallest absolute Gasteiger partial charge is 0.293 e. The first-order valence-electron chi connectivity index (χ1n) is 9.88.